The Kier molecular flexibility index (Phi) is 27.9. The Balaban J connectivity index is 0.000000128. The number of para-hydroxylation sites is 4. The van der Waals surface area contributed by atoms with E-state index in [0.29, 0.717) is 85.0 Å². The topological polar surface area (TPSA) is 484 Å². The van der Waals surface area contributed by atoms with Gasteiger partial charge in [0.05, 0.1) is 24.1 Å². The number of carboxylic acids is 5. The Morgan fingerprint density at radius 2 is 0.724 bits per heavy atom. The molecule has 15 heterocycles. The van der Waals surface area contributed by atoms with E-state index in [1.165, 1.54) is 60.8 Å². The van der Waals surface area contributed by atoms with Gasteiger partial charge in [-0.3, -0.25) is 38.9 Å². The van der Waals surface area contributed by atoms with Gasteiger partial charge in [0.15, 0.2) is 23.0 Å². The lowest BCUT2D eigenvalue weighted by molar-refractivity contribution is 0.0688. The number of rotatable bonds is 22. The first-order chi connectivity index (χ1) is 64.7. The van der Waals surface area contributed by atoms with Crippen molar-refractivity contribution in [1.29, 1.82) is 0 Å². The summed E-state index contributed by atoms with van der Waals surface area (Å²) >= 11 is 5.25. The number of hydrogen-bond donors (Lipinski definition) is 10. The number of furan rings is 4. The number of carboxylic acid groups (broad SMARTS) is 5. The number of nitrogens with one attached hydrogen (secondary N) is 5. The molecule has 0 atom stereocenters. The minimum atomic E-state index is -1.38. The van der Waals surface area contributed by atoms with Crippen LogP contribution in [0.15, 0.2) is 276 Å². The van der Waals surface area contributed by atoms with Crippen molar-refractivity contribution in [2.45, 2.75) is 6.92 Å². The Hall–Kier alpha value is -17.4. The van der Waals surface area contributed by atoms with E-state index < -0.39 is 83.2 Å². The largest absolute Gasteiger partial charge is 0.478 e. The number of carbonyl (C=O) groups excluding carboxylic acids is 5. The second-order valence-electron chi connectivity index (χ2n) is 27.5. The monoisotopic (exact) mass is 1900 g/mol. The molecule has 15 aromatic heterocycles. The van der Waals surface area contributed by atoms with Gasteiger partial charge in [-0.2, -0.15) is 22.5 Å². The highest BCUT2D eigenvalue weighted by Crippen LogP contribution is 2.42. The fourth-order valence-electron chi connectivity index (χ4n) is 13.0. The van der Waals surface area contributed by atoms with Crippen LogP contribution in [0, 0.1) is 23.8 Å². The molecule has 0 bridgehead atoms. The molecule has 0 aliphatic carbocycles. The fourth-order valence-corrected chi connectivity index (χ4v) is 17.7. The predicted molar refractivity (Wildman–Crippen MR) is 490 cm³/mol. The smallest absolute Gasteiger partial charge is 0.339 e. The highest BCUT2D eigenvalue weighted by atomic mass is 32.1. The third-order valence-corrected chi connectivity index (χ3v) is 23.5. The molecule has 19 rings (SSSR count). The minimum Gasteiger partial charge on any atom is -0.478 e. The van der Waals surface area contributed by atoms with Gasteiger partial charge in [-0.05, 0) is 110 Å². The number of pyridine rings is 5. The van der Waals surface area contributed by atoms with E-state index >= 15 is 0 Å². The number of hydrogen-bond acceptors (Lipinski definition) is 27. The van der Waals surface area contributed by atoms with Crippen molar-refractivity contribution in [2.75, 3.05) is 33.2 Å². The summed E-state index contributed by atoms with van der Waals surface area (Å²) < 4.78 is 80.8. The number of amides is 5. The van der Waals surface area contributed by atoms with Crippen molar-refractivity contribution in [2.24, 2.45) is 0 Å². The molecular weight excluding hydrogens is 1840 g/mol. The van der Waals surface area contributed by atoms with Crippen LogP contribution in [0.1, 0.15) is 111 Å². The van der Waals surface area contributed by atoms with Gasteiger partial charge in [-0.1, -0.05) is 72.8 Å². The molecule has 5 amide bonds. The summed E-state index contributed by atoms with van der Waals surface area (Å²) in [6.45, 7) is 2.34. The SMILES string of the molecule is CCOc1ccc(-c2csc(NC(=O)c3cc4ccccc4o3)c2C(=O)O)cn1.O=C(Nc1scc(-c2ccc(F)nc2)c1C(=O)O)c1cc2ccccc2o1.O=C(Nc1scc(-c2ccc(F)nc2F)c1C(=O)O)c1cc2ccccc2o1.O=C(Nc1scc(-c2ccnc(F)c2)c1C(=O)O)c1cc2ccccc2o1.O=C(Nc1scc(-c2cnccn2)c1C(=O)O)c1cccnc1. The Morgan fingerprint density at radius 3 is 1.10 bits per heavy atom. The normalized spacial score (nSPS) is 10.8. The van der Waals surface area contributed by atoms with Gasteiger partial charge in [-0.25, -0.2) is 38.9 Å². The van der Waals surface area contributed by atoms with Crippen LogP contribution >= 0.6 is 56.7 Å². The first kappa shape index (κ1) is 91.3. The van der Waals surface area contributed by atoms with E-state index in [9.17, 15) is 91.0 Å². The summed E-state index contributed by atoms with van der Waals surface area (Å²) in [6.07, 6.45) is 11.5. The zero-order valence-electron chi connectivity index (χ0n) is 68.1. The molecule has 668 valence electrons. The zero-order valence-corrected chi connectivity index (χ0v) is 72.2. The Bertz CT molecular complexity index is 7570. The number of benzene rings is 4. The third kappa shape index (κ3) is 21.0. The predicted octanol–water partition coefficient (Wildman–Crippen LogP) is 21.5. The summed E-state index contributed by atoms with van der Waals surface area (Å²) in [5.41, 5.74) is 5.23. The number of thiophene rings is 5. The molecule has 0 spiro atoms. The molecule has 0 aliphatic heterocycles. The van der Waals surface area contributed by atoms with E-state index in [4.69, 9.17) is 22.4 Å². The molecule has 0 aliphatic rings. The van der Waals surface area contributed by atoms with Crippen molar-refractivity contribution in [3.63, 3.8) is 0 Å². The van der Waals surface area contributed by atoms with Crippen LogP contribution in [0.3, 0.4) is 0 Å². The van der Waals surface area contributed by atoms with Gasteiger partial charge < -0.3 is 74.5 Å². The molecule has 0 saturated heterocycles. The first-order valence-corrected chi connectivity index (χ1v) is 43.2. The first-order valence-electron chi connectivity index (χ1n) is 38.8. The molecule has 10 N–H and O–H groups in total. The number of aromatic nitrogens is 7. The van der Waals surface area contributed by atoms with Gasteiger partial charge in [0, 0.05) is 148 Å². The minimum absolute atomic E-state index is 0.00196. The molecule has 0 radical (unpaired) electrons. The van der Waals surface area contributed by atoms with Crippen molar-refractivity contribution < 1.29 is 113 Å². The van der Waals surface area contributed by atoms with Crippen molar-refractivity contribution in [3.8, 4) is 61.6 Å². The summed E-state index contributed by atoms with van der Waals surface area (Å²) in [4.78, 5) is 147. The molecule has 0 saturated carbocycles. The van der Waals surface area contributed by atoms with Crippen LogP contribution in [-0.4, -0.2) is 126 Å². The van der Waals surface area contributed by atoms with E-state index in [1.807, 2.05) is 43.3 Å². The molecule has 32 nitrogen and oxygen atoms in total. The van der Waals surface area contributed by atoms with Gasteiger partial charge in [0.1, 0.15) is 75.2 Å². The molecule has 0 fully saturated rings. The van der Waals surface area contributed by atoms with Crippen LogP contribution < -0.4 is 31.3 Å². The van der Waals surface area contributed by atoms with E-state index in [1.54, 1.807) is 137 Å². The summed E-state index contributed by atoms with van der Waals surface area (Å²) in [7, 11) is 0. The number of fused-ring (bicyclic) bond motifs is 4. The number of nitrogens with zero attached hydrogens (tertiary/aromatic N) is 7. The van der Waals surface area contributed by atoms with E-state index in [-0.39, 0.29) is 87.0 Å². The van der Waals surface area contributed by atoms with Gasteiger partial charge >= 0.3 is 29.8 Å². The average Bonchev–Trinajstić information content (AvgIpc) is 1.67. The Labute approximate surface area is 768 Å². The lowest BCUT2D eigenvalue weighted by Gasteiger charge is -2.06. The summed E-state index contributed by atoms with van der Waals surface area (Å²) in [5, 5.41) is 72.4. The maximum atomic E-state index is 14.0. The molecular formula is C93H58F4N12O20S5. The number of ether oxygens (including phenoxy) is 1. The summed E-state index contributed by atoms with van der Waals surface area (Å²) in [5.74, 6) is -11.6. The number of aromatic carboxylic acids is 5. The molecule has 4 aromatic carbocycles. The maximum Gasteiger partial charge on any atom is 0.339 e. The van der Waals surface area contributed by atoms with Gasteiger partial charge in [0.2, 0.25) is 29.7 Å². The summed E-state index contributed by atoms with van der Waals surface area (Å²) in [6, 6.07) is 48.8. The average molecular weight is 1900 g/mol. The van der Waals surface area contributed by atoms with E-state index in [0.717, 1.165) is 102 Å². The number of halogens is 4. The van der Waals surface area contributed by atoms with Crippen LogP contribution in [0.2, 0.25) is 0 Å². The fraction of sp³-hybridized carbons (Fsp3) is 0.0215. The highest BCUT2D eigenvalue weighted by molar-refractivity contribution is 7.16. The lowest BCUT2D eigenvalue weighted by Crippen LogP contribution is -2.13. The van der Waals surface area contributed by atoms with Crippen molar-refractivity contribution in [3.05, 3.63) is 339 Å². The van der Waals surface area contributed by atoms with Gasteiger partial charge in [-0.15, -0.1) is 56.7 Å². The molecule has 41 heteroatoms. The number of anilines is 5. The second-order valence-corrected chi connectivity index (χ2v) is 31.9. The Morgan fingerprint density at radius 1 is 0.336 bits per heavy atom. The van der Waals surface area contributed by atoms with Crippen LogP contribution in [0.4, 0.5) is 42.6 Å². The molecule has 0 unspecified atom stereocenters. The third-order valence-electron chi connectivity index (χ3n) is 19.0. The number of carbonyl (C=O) groups is 10. The second kappa shape index (κ2) is 40.9. The van der Waals surface area contributed by atoms with Crippen LogP contribution in [-0.2, 0) is 0 Å². The highest BCUT2D eigenvalue weighted by Gasteiger charge is 2.30. The molecule has 19 aromatic rings. The van der Waals surface area contributed by atoms with Gasteiger partial charge in [0.25, 0.3) is 29.5 Å². The zero-order chi connectivity index (χ0) is 94.4. The standard InChI is InChI=1S/C21H16N2O5S.C19H10F2N2O4S.2C19H11FN2O4S.C15H10N4O3S/c1-2-27-17-8-7-13(10-22-17)14-11-29-20(18(14)21(25)26)23-19(24)16-9-12-5-3-4-6-15(12)28-16;20-14-6-5-10(16(21)22-14)11-8-28-18(15(11)19(25)26)23-17(24)13-7-9-3-1-2-4-12(9)27-13;20-15-8-10(5-6-21-15)12-9-27-18(16(12)19(24)25)22-17(23)14-7-11-3-1-2-4-13(11)26-14;20-15-6-5-11(8-21-15)12-9-27-18(16(12)19(24)25)22-17(23)14-7-10-3-1-2-4-13(10)26-14;20-13(9-2-1-3-16-6-9)19-14-12(15(21)22)10(8-23-14)11-7-17-4-5-18-11/h3-11H,2H2,1H3,(H,23,24)(H,25,26);1-8H,(H,23,24)(H,25,26);2*1-9H,(H,22,23)(H,24,25);1-8H,(H,19,20)(H,21,22). The van der Waals surface area contributed by atoms with Crippen molar-refractivity contribution >= 4 is 185 Å². The van der Waals surface area contributed by atoms with Crippen LogP contribution in [0.25, 0.3) is 99.6 Å². The van der Waals surface area contributed by atoms with Crippen LogP contribution in [0.5, 0.6) is 5.88 Å². The maximum absolute atomic E-state index is 14.0. The molecule has 134 heavy (non-hydrogen) atoms. The van der Waals surface area contributed by atoms with Crippen molar-refractivity contribution in [1.82, 2.24) is 34.9 Å². The quantitative estimate of drug-likeness (QED) is 0.0222. The van der Waals surface area contributed by atoms with E-state index in [2.05, 4.69) is 61.5 Å². The lowest BCUT2D eigenvalue weighted by atomic mass is 10.1.